The Labute approximate surface area is 211 Å². The maximum Gasteiger partial charge on any atom is 0.270 e. The molecule has 2 aromatic carbocycles. The molecular formula is C26H25BrN4O4. The van der Waals surface area contributed by atoms with Crippen molar-refractivity contribution in [2.75, 3.05) is 6.54 Å². The summed E-state index contributed by atoms with van der Waals surface area (Å²) in [6.45, 7) is 0.561. The van der Waals surface area contributed by atoms with Gasteiger partial charge in [0, 0.05) is 28.7 Å². The number of halogens is 1. The maximum absolute atomic E-state index is 13.2. The first-order chi connectivity index (χ1) is 16.9. The minimum Gasteiger partial charge on any atom is -0.356 e. The number of hydrogen-bond acceptors (Lipinski definition) is 5. The summed E-state index contributed by atoms with van der Waals surface area (Å²) in [5, 5.41) is 9.09. The van der Waals surface area contributed by atoms with Gasteiger partial charge in [-0.05, 0) is 36.6 Å². The van der Waals surface area contributed by atoms with E-state index in [2.05, 4.69) is 36.9 Å². The third kappa shape index (κ3) is 6.30. The highest BCUT2D eigenvalue weighted by atomic mass is 79.9. The number of aromatic nitrogens is 1. The van der Waals surface area contributed by atoms with Crippen LogP contribution in [0.15, 0.2) is 65.1 Å². The number of nitrogens with one attached hydrogen (secondary N) is 3. The summed E-state index contributed by atoms with van der Waals surface area (Å²) in [5.41, 5.74) is 1.67. The Balaban J connectivity index is 1.51. The number of hydrogen-bond donors (Lipinski definition) is 3. The van der Waals surface area contributed by atoms with Gasteiger partial charge in [-0.25, -0.2) is 4.98 Å². The first-order valence-corrected chi connectivity index (χ1v) is 12.2. The average Bonchev–Trinajstić information content (AvgIpc) is 3.27. The Hall–Kier alpha value is -3.59. The number of nitrogens with zero attached hydrogens (tertiary/aromatic N) is 1. The third-order valence-electron chi connectivity index (χ3n) is 5.98. The van der Waals surface area contributed by atoms with Crippen LogP contribution in [0.2, 0.25) is 0 Å². The van der Waals surface area contributed by atoms with Crippen LogP contribution in [0.25, 0.3) is 10.9 Å². The van der Waals surface area contributed by atoms with Crippen molar-refractivity contribution < 1.29 is 19.2 Å². The Morgan fingerprint density at radius 1 is 1.11 bits per heavy atom. The minimum atomic E-state index is -0.940. The summed E-state index contributed by atoms with van der Waals surface area (Å²) in [6, 6.07) is 16.5. The predicted molar refractivity (Wildman–Crippen MR) is 135 cm³/mol. The lowest BCUT2D eigenvalue weighted by atomic mass is 9.98. The normalized spacial score (nSPS) is 16.8. The third-order valence-corrected chi connectivity index (χ3v) is 6.48. The Morgan fingerprint density at radius 3 is 2.60 bits per heavy atom. The second-order valence-corrected chi connectivity index (χ2v) is 9.43. The monoisotopic (exact) mass is 536 g/mol. The standard InChI is InChI=1S/C26H25BrN4O4/c27-19-8-6-17-7-9-21(30-22(17)14-19)25(34)31-23(12-16-4-2-1-3-5-16)26(35)29-20(15-32)13-18-10-11-28-24(18)33/h1-9,14-15,18,20,23H,10-13H2,(H,28,33)(H,29,35)(H,31,34)/t18-,20-,23-/m0/s1. The zero-order valence-electron chi connectivity index (χ0n) is 18.9. The first kappa shape index (κ1) is 24.5. The molecule has 0 aliphatic carbocycles. The van der Waals surface area contributed by atoms with Crippen molar-refractivity contribution in [3.63, 3.8) is 0 Å². The maximum atomic E-state index is 13.2. The van der Waals surface area contributed by atoms with Crippen LogP contribution >= 0.6 is 15.9 Å². The van der Waals surface area contributed by atoms with Gasteiger partial charge in [0.1, 0.15) is 18.0 Å². The molecule has 1 saturated heterocycles. The summed E-state index contributed by atoms with van der Waals surface area (Å²) in [5.74, 6) is -1.44. The molecule has 0 saturated carbocycles. The van der Waals surface area contributed by atoms with Crippen LogP contribution in [0.3, 0.4) is 0 Å². The second kappa shape index (κ2) is 11.2. The fourth-order valence-corrected chi connectivity index (χ4v) is 4.47. The topological polar surface area (TPSA) is 117 Å². The van der Waals surface area contributed by atoms with Gasteiger partial charge >= 0.3 is 0 Å². The summed E-state index contributed by atoms with van der Waals surface area (Å²) in [4.78, 5) is 54.2. The number of pyridine rings is 1. The Bertz CT molecular complexity index is 1250. The lowest BCUT2D eigenvalue weighted by molar-refractivity contribution is -0.127. The van der Waals surface area contributed by atoms with Gasteiger partial charge in [-0.3, -0.25) is 14.4 Å². The molecule has 9 heteroatoms. The number of amides is 3. The van der Waals surface area contributed by atoms with Crippen molar-refractivity contribution >= 4 is 50.8 Å². The highest BCUT2D eigenvalue weighted by molar-refractivity contribution is 9.10. The van der Waals surface area contributed by atoms with Crippen molar-refractivity contribution in [2.45, 2.75) is 31.3 Å². The molecule has 0 spiro atoms. The molecule has 0 unspecified atom stereocenters. The first-order valence-electron chi connectivity index (χ1n) is 11.4. The van der Waals surface area contributed by atoms with Crippen LogP contribution in [0.4, 0.5) is 0 Å². The van der Waals surface area contributed by atoms with E-state index < -0.39 is 23.9 Å². The predicted octanol–water partition coefficient (Wildman–Crippen LogP) is 2.55. The molecule has 3 aromatic rings. The molecular weight excluding hydrogens is 512 g/mol. The number of rotatable bonds is 9. The number of carbonyl (C=O) groups excluding carboxylic acids is 4. The zero-order valence-corrected chi connectivity index (χ0v) is 20.5. The smallest absolute Gasteiger partial charge is 0.270 e. The van der Waals surface area contributed by atoms with E-state index in [-0.39, 0.29) is 30.4 Å². The lowest BCUT2D eigenvalue weighted by Gasteiger charge is -2.22. The highest BCUT2D eigenvalue weighted by Gasteiger charge is 2.30. The van der Waals surface area contributed by atoms with Crippen molar-refractivity contribution in [2.24, 2.45) is 5.92 Å². The molecule has 180 valence electrons. The molecule has 8 nitrogen and oxygen atoms in total. The molecule has 0 radical (unpaired) electrons. The van der Waals surface area contributed by atoms with E-state index in [1.807, 2.05) is 48.5 Å². The largest absolute Gasteiger partial charge is 0.356 e. The van der Waals surface area contributed by atoms with Crippen molar-refractivity contribution in [1.29, 1.82) is 0 Å². The van der Waals surface area contributed by atoms with Gasteiger partial charge in [-0.2, -0.15) is 0 Å². The van der Waals surface area contributed by atoms with Crippen molar-refractivity contribution in [3.05, 3.63) is 76.4 Å². The molecule has 4 rings (SSSR count). The van der Waals surface area contributed by atoms with Crippen LogP contribution in [0.5, 0.6) is 0 Å². The van der Waals surface area contributed by atoms with Gasteiger partial charge in [0.15, 0.2) is 0 Å². The van der Waals surface area contributed by atoms with Gasteiger partial charge in [-0.1, -0.05) is 58.4 Å². The Kier molecular flexibility index (Phi) is 7.87. The summed E-state index contributed by atoms with van der Waals surface area (Å²) < 4.78 is 0.840. The fourth-order valence-electron chi connectivity index (χ4n) is 4.12. The summed E-state index contributed by atoms with van der Waals surface area (Å²) in [7, 11) is 0. The van der Waals surface area contributed by atoms with E-state index in [9.17, 15) is 19.2 Å². The van der Waals surface area contributed by atoms with Crippen molar-refractivity contribution in [3.8, 4) is 0 Å². The van der Waals surface area contributed by atoms with E-state index in [1.54, 1.807) is 12.1 Å². The van der Waals surface area contributed by atoms with Crippen LogP contribution in [-0.2, 0) is 20.8 Å². The van der Waals surface area contributed by atoms with E-state index >= 15 is 0 Å². The van der Waals surface area contributed by atoms with Crippen LogP contribution in [0, 0.1) is 5.92 Å². The number of carbonyl (C=O) groups is 4. The molecule has 1 aliphatic heterocycles. The van der Waals surface area contributed by atoms with E-state index in [4.69, 9.17) is 0 Å². The summed E-state index contributed by atoms with van der Waals surface area (Å²) >= 11 is 3.41. The van der Waals surface area contributed by atoms with E-state index in [0.717, 1.165) is 15.4 Å². The van der Waals surface area contributed by atoms with Crippen LogP contribution in [-0.4, -0.2) is 47.6 Å². The minimum absolute atomic E-state index is 0.116. The van der Waals surface area contributed by atoms with Crippen LogP contribution < -0.4 is 16.0 Å². The van der Waals surface area contributed by atoms with Crippen LogP contribution in [0.1, 0.15) is 28.9 Å². The van der Waals surface area contributed by atoms with Gasteiger partial charge in [-0.15, -0.1) is 0 Å². The lowest BCUT2D eigenvalue weighted by Crippen LogP contribution is -2.51. The second-order valence-electron chi connectivity index (χ2n) is 8.51. The SMILES string of the molecule is O=C[C@H](C[C@@H]1CCNC1=O)NC(=O)[C@H](Cc1ccccc1)NC(=O)c1ccc2ccc(Br)cc2n1. The molecule has 0 bridgehead atoms. The molecule has 3 atom stereocenters. The van der Waals surface area contributed by atoms with Gasteiger partial charge in [0.05, 0.1) is 11.6 Å². The highest BCUT2D eigenvalue weighted by Crippen LogP contribution is 2.19. The Morgan fingerprint density at radius 2 is 1.89 bits per heavy atom. The van der Waals surface area contributed by atoms with Crippen molar-refractivity contribution in [1.82, 2.24) is 20.9 Å². The molecule has 3 amide bonds. The van der Waals surface area contributed by atoms with E-state index in [1.165, 1.54) is 0 Å². The van der Waals surface area contributed by atoms with Gasteiger partial charge in [0.2, 0.25) is 11.8 Å². The van der Waals surface area contributed by atoms with Gasteiger partial charge < -0.3 is 20.7 Å². The molecule has 35 heavy (non-hydrogen) atoms. The number of benzene rings is 2. The number of aldehydes is 1. The average molecular weight is 537 g/mol. The molecule has 1 aliphatic rings. The molecule has 1 fully saturated rings. The zero-order chi connectivity index (χ0) is 24.8. The van der Waals surface area contributed by atoms with Gasteiger partial charge in [0.25, 0.3) is 5.91 Å². The molecule has 1 aromatic heterocycles. The molecule has 2 heterocycles. The summed E-state index contributed by atoms with van der Waals surface area (Å²) in [6.07, 6.45) is 1.70. The number of fused-ring (bicyclic) bond motifs is 1. The van der Waals surface area contributed by atoms with E-state index in [0.29, 0.717) is 24.8 Å². The fraction of sp³-hybridized carbons (Fsp3) is 0.269. The molecule has 3 N–H and O–H groups in total. The quantitative estimate of drug-likeness (QED) is 0.363.